The highest BCUT2D eigenvalue weighted by Crippen LogP contribution is 2.13. The van der Waals surface area contributed by atoms with Crippen LogP contribution in [0.25, 0.3) is 0 Å². The van der Waals surface area contributed by atoms with Gasteiger partial charge in [-0.05, 0) is 37.1 Å². The smallest absolute Gasteiger partial charge is 0.123 e. The van der Waals surface area contributed by atoms with Crippen molar-refractivity contribution in [3.05, 3.63) is 51.2 Å². The standard InChI is InChI=1S/C13H15FN2S/c1-9-3-4-12(14)5-11(9)6-15-7-13-10(2)16-8-17-13/h3-5,8,15H,6-7H2,1-2H3. The fourth-order valence-electron chi connectivity index (χ4n) is 1.64. The minimum absolute atomic E-state index is 0.179. The predicted octanol–water partition coefficient (Wildman–Crippen LogP) is 3.19. The molecule has 4 heteroatoms. The molecule has 2 nitrogen and oxygen atoms in total. The minimum atomic E-state index is -0.179. The number of thiazole rings is 1. The molecule has 0 saturated heterocycles. The first-order valence-corrected chi connectivity index (χ1v) is 6.39. The lowest BCUT2D eigenvalue weighted by Gasteiger charge is -2.07. The molecule has 17 heavy (non-hydrogen) atoms. The molecule has 0 unspecified atom stereocenters. The van der Waals surface area contributed by atoms with Crippen LogP contribution in [0.15, 0.2) is 23.7 Å². The third-order valence-corrected chi connectivity index (χ3v) is 3.69. The Morgan fingerprint density at radius 3 is 2.82 bits per heavy atom. The van der Waals surface area contributed by atoms with Crippen LogP contribution >= 0.6 is 11.3 Å². The van der Waals surface area contributed by atoms with Crippen LogP contribution in [0.4, 0.5) is 4.39 Å². The fourth-order valence-corrected chi connectivity index (χ4v) is 2.38. The molecule has 0 radical (unpaired) electrons. The lowest BCUT2D eigenvalue weighted by Crippen LogP contribution is -2.13. The van der Waals surface area contributed by atoms with E-state index in [0.29, 0.717) is 6.54 Å². The Balaban J connectivity index is 1.94. The van der Waals surface area contributed by atoms with Crippen LogP contribution in [-0.2, 0) is 13.1 Å². The van der Waals surface area contributed by atoms with Crippen molar-refractivity contribution in [2.75, 3.05) is 0 Å². The van der Waals surface area contributed by atoms with Crippen molar-refractivity contribution < 1.29 is 4.39 Å². The molecule has 0 fully saturated rings. The number of hydrogen-bond acceptors (Lipinski definition) is 3. The van der Waals surface area contributed by atoms with Crippen molar-refractivity contribution in [3.8, 4) is 0 Å². The maximum Gasteiger partial charge on any atom is 0.123 e. The highest BCUT2D eigenvalue weighted by Gasteiger charge is 2.03. The van der Waals surface area contributed by atoms with Gasteiger partial charge >= 0.3 is 0 Å². The SMILES string of the molecule is Cc1ccc(F)cc1CNCc1scnc1C. The van der Waals surface area contributed by atoms with Gasteiger partial charge in [0.05, 0.1) is 11.2 Å². The van der Waals surface area contributed by atoms with Crippen molar-refractivity contribution in [1.82, 2.24) is 10.3 Å². The average Bonchev–Trinajstić information content (AvgIpc) is 2.70. The van der Waals surface area contributed by atoms with E-state index in [2.05, 4.69) is 10.3 Å². The van der Waals surface area contributed by atoms with Gasteiger partial charge in [-0.1, -0.05) is 6.07 Å². The van der Waals surface area contributed by atoms with Gasteiger partial charge in [-0.2, -0.15) is 0 Å². The average molecular weight is 250 g/mol. The van der Waals surface area contributed by atoms with Crippen LogP contribution in [0.3, 0.4) is 0 Å². The summed E-state index contributed by atoms with van der Waals surface area (Å²) in [6.07, 6.45) is 0. The molecule has 1 aromatic heterocycles. The molecule has 0 atom stereocenters. The predicted molar refractivity (Wildman–Crippen MR) is 68.5 cm³/mol. The van der Waals surface area contributed by atoms with Gasteiger partial charge in [0.15, 0.2) is 0 Å². The van der Waals surface area contributed by atoms with E-state index in [1.54, 1.807) is 17.4 Å². The summed E-state index contributed by atoms with van der Waals surface area (Å²) in [6.45, 7) is 5.46. The van der Waals surface area contributed by atoms with Crippen LogP contribution < -0.4 is 5.32 Å². The summed E-state index contributed by atoms with van der Waals surface area (Å²) in [5, 5.41) is 3.32. The van der Waals surface area contributed by atoms with Crippen LogP contribution in [0.2, 0.25) is 0 Å². The van der Waals surface area contributed by atoms with Gasteiger partial charge in [0.1, 0.15) is 5.82 Å². The molecule has 2 rings (SSSR count). The van der Waals surface area contributed by atoms with E-state index < -0.39 is 0 Å². The Morgan fingerprint density at radius 1 is 1.29 bits per heavy atom. The number of aromatic nitrogens is 1. The third kappa shape index (κ3) is 3.11. The minimum Gasteiger partial charge on any atom is -0.308 e. The Bertz CT molecular complexity index is 508. The monoisotopic (exact) mass is 250 g/mol. The van der Waals surface area contributed by atoms with E-state index >= 15 is 0 Å². The van der Waals surface area contributed by atoms with E-state index in [1.165, 1.54) is 10.9 Å². The topological polar surface area (TPSA) is 24.9 Å². The van der Waals surface area contributed by atoms with E-state index in [4.69, 9.17) is 0 Å². The molecule has 1 aromatic carbocycles. The van der Waals surface area contributed by atoms with Gasteiger partial charge in [0.2, 0.25) is 0 Å². The molecule has 1 heterocycles. The molecular formula is C13H15FN2S. The number of rotatable bonds is 4. The molecule has 0 aliphatic heterocycles. The Morgan fingerprint density at radius 2 is 2.12 bits per heavy atom. The Kier molecular flexibility index (Phi) is 3.86. The van der Waals surface area contributed by atoms with E-state index in [9.17, 15) is 4.39 Å². The van der Waals surface area contributed by atoms with E-state index in [-0.39, 0.29) is 5.82 Å². The maximum absolute atomic E-state index is 13.1. The molecule has 1 N–H and O–H groups in total. The largest absolute Gasteiger partial charge is 0.308 e. The van der Waals surface area contributed by atoms with Crippen LogP contribution in [0.5, 0.6) is 0 Å². The molecule has 0 aliphatic rings. The Hall–Kier alpha value is -1.26. The van der Waals surface area contributed by atoms with Crippen molar-refractivity contribution >= 4 is 11.3 Å². The van der Waals surface area contributed by atoms with Crippen molar-refractivity contribution in [2.45, 2.75) is 26.9 Å². The first-order chi connectivity index (χ1) is 8.16. The number of hydrogen-bond donors (Lipinski definition) is 1. The van der Waals surface area contributed by atoms with Gasteiger partial charge < -0.3 is 5.32 Å². The second-order valence-corrected chi connectivity index (χ2v) is 4.97. The molecular weight excluding hydrogens is 235 g/mol. The summed E-state index contributed by atoms with van der Waals surface area (Å²) in [6, 6.07) is 4.89. The van der Waals surface area contributed by atoms with E-state index in [0.717, 1.165) is 23.4 Å². The Labute approximate surface area is 105 Å². The summed E-state index contributed by atoms with van der Waals surface area (Å²) in [5.41, 5.74) is 5.03. The van der Waals surface area contributed by atoms with Crippen LogP contribution in [-0.4, -0.2) is 4.98 Å². The summed E-state index contributed by atoms with van der Waals surface area (Å²) in [5.74, 6) is -0.179. The summed E-state index contributed by atoms with van der Waals surface area (Å²) >= 11 is 1.64. The van der Waals surface area contributed by atoms with Crippen LogP contribution in [0.1, 0.15) is 21.7 Å². The lowest BCUT2D eigenvalue weighted by atomic mass is 10.1. The van der Waals surface area contributed by atoms with Crippen LogP contribution in [0, 0.1) is 19.7 Å². The lowest BCUT2D eigenvalue weighted by molar-refractivity contribution is 0.619. The highest BCUT2D eigenvalue weighted by atomic mass is 32.1. The van der Waals surface area contributed by atoms with E-state index in [1.807, 2.05) is 25.4 Å². The summed E-state index contributed by atoms with van der Waals surface area (Å²) in [4.78, 5) is 5.43. The second kappa shape index (κ2) is 5.38. The number of benzene rings is 1. The highest BCUT2D eigenvalue weighted by molar-refractivity contribution is 7.09. The van der Waals surface area contributed by atoms with Gasteiger partial charge in [-0.15, -0.1) is 11.3 Å². The van der Waals surface area contributed by atoms with Gasteiger partial charge in [0, 0.05) is 18.0 Å². The van der Waals surface area contributed by atoms with Crippen molar-refractivity contribution in [3.63, 3.8) is 0 Å². The fraction of sp³-hybridized carbons (Fsp3) is 0.308. The first-order valence-electron chi connectivity index (χ1n) is 5.51. The normalized spacial score (nSPS) is 10.8. The number of nitrogens with zero attached hydrogens (tertiary/aromatic N) is 1. The zero-order valence-electron chi connectivity index (χ0n) is 9.96. The molecule has 0 saturated carbocycles. The molecule has 0 spiro atoms. The summed E-state index contributed by atoms with van der Waals surface area (Å²) < 4.78 is 13.1. The molecule has 2 aromatic rings. The molecule has 90 valence electrons. The molecule has 0 amide bonds. The number of halogens is 1. The van der Waals surface area contributed by atoms with Gasteiger partial charge in [-0.25, -0.2) is 9.37 Å². The van der Waals surface area contributed by atoms with Crippen molar-refractivity contribution in [2.24, 2.45) is 0 Å². The van der Waals surface area contributed by atoms with Gasteiger partial charge in [-0.3, -0.25) is 0 Å². The van der Waals surface area contributed by atoms with Crippen molar-refractivity contribution in [1.29, 1.82) is 0 Å². The zero-order valence-corrected chi connectivity index (χ0v) is 10.8. The summed E-state index contributed by atoms with van der Waals surface area (Å²) in [7, 11) is 0. The molecule has 0 bridgehead atoms. The second-order valence-electron chi connectivity index (χ2n) is 4.04. The third-order valence-electron chi connectivity index (χ3n) is 2.76. The quantitative estimate of drug-likeness (QED) is 0.901. The first kappa shape index (κ1) is 12.2. The number of aryl methyl sites for hydroxylation is 2. The van der Waals surface area contributed by atoms with Gasteiger partial charge in [0.25, 0.3) is 0 Å². The molecule has 0 aliphatic carbocycles. The number of nitrogens with one attached hydrogen (secondary N) is 1. The zero-order chi connectivity index (χ0) is 12.3. The maximum atomic E-state index is 13.1.